The molecule has 0 aliphatic heterocycles. The van der Waals surface area contributed by atoms with E-state index in [1.165, 1.54) is 39.2 Å². The van der Waals surface area contributed by atoms with Crippen LogP contribution in [0.1, 0.15) is 26.7 Å². The van der Waals surface area contributed by atoms with Gasteiger partial charge in [0, 0.05) is 23.5 Å². The molecule has 0 bridgehead atoms. The van der Waals surface area contributed by atoms with Gasteiger partial charge in [0.25, 0.3) is 0 Å². The zero-order valence-electron chi connectivity index (χ0n) is 12.5. The standard InChI is InChI=1S/C16H20O5/c1-10(17)5-6-12(11(2)15(19)21-4)9-13-14(18)7-8-16(13,3)20/h7-9,12,20H,2,5-6H2,1,3-4H3/b13-9+/t12?,16-/m0/s1. The molecule has 0 amide bonds. The van der Waals surface area contributed by atoms with E-state index in [1.807, 2.05) is 0 Å². The van der Waals surface area contributed by atoms with E-state index in [9.17, 15) is 19.5 Å². The predicted octanol–water partition coefficient (Wildman–Crippen LogP) is 1.52. The van der Waals surface area contributed by atoms with E-state index in [2.05, 4.69) is 11.3 Å². The molecule has 1 rings (SSSR count). The van der Waals surface area contributed by atoms with Gasteiger partial charge in [0.1, 0.15) is 11.4 Å². The van der Waals surface area contributed by atoms with Gasteiger partial charge in [0.15, 0.2) is 5.78 Å². The first-order valence-electron chi connectivity index (χ1n) is 6.64. The van der Waals surface area contributed by atoms with Crippen LogP contribution in [0.15, 0.2) is 36.0 Å². The molecule has 0 fully saturated rings. The maximum absolute atomic E-state index is 11.8. The second-order valence-electron chi connectivity index (χ2n) is 5.29. The fourth-order valence-corrected chi connectivity index (χ4v) is 2.12. The predicted molar refractivity (Wildman–Crippen MR) is 77.4 cm³/mol. The highest BCUT2D eigenvalue weighted by atomic mass is 16.5. The average Bonchev–Trinajstić information content (AvgIpc) is 2.67. The van der Waals surface area contributed by atoms with Crippen molar-refractivity contribution in [3.8, 4) is 0 Å². The van der Waals surface area contributed by atoms with Crippen LogP contribution < -0.4 is 0 Å². The number of Topliss-reactive ketones (excluding diaryl/α,β-unsaturated/α-hetero) is 1. The molecule has 1 N–H and O–H groups in total. The molecule has 0 heterocycles. The molecule has 21 heavy (non-hydrogen) atoms. The van der Waals surface area contributed by atoms with Crippen molar-refractivity contribution in [2.24, 2.45) is 5.92 Å². The number of allylic oxidation sites excluding steroid dienone is 2. The topological polar surface area (TPSA) is 80.7 Å². The number of ketones is 2. The van der Waals surface area contributed by atoms with Crippen LogP contribution in [0.25, 0.3) is 0 Å². The van der Waals surface area contributed by atoms with E-state index in [-0.39, 0.29) is 29.1 Å². The van der Waals surface area contributed by atoms with Gasteiger partial charge in [-0.2, -0.15) is 0 Å². The average molecular weight is 292 g/mol. The van der Waals surface area contributed by atoms with Crippen LogP contribution in [-0.2, 0) is 19.1 Å². The molecule has 0 saturated carbocycles. The van der Waals surface area contributed by atoms with Crippen LogP contribution >= 0.6 is 0 Å². The molecule has 5 nitrogen and oxygen atoms in total. The quantitative estimate of drug-likeness (QED) is 0.593. The van der Waals surface area contributed by atoms with Crippen molar-refractivity contribution in [3.05, 3.63) is 36.0 Å². The summed E-state index contributed by atoms with van der Waals surface area (Å²) in [5.41, 5.74) is -1.04. The van der Waals surface area contributed by atoms with Gasteiger partial charge in [-0.3, -0.25) is 4.79 Å². The number of carbonyl (C=O) groups is 3. The minimum Gasteiger partial charge on any atom is -0.466 e. The molecule has 0 radical (unpaired) electrons. The molecule has 0 saturated heterocycles. The summed E-state index contributed by atoms with van der Waals surface area (Å²) >= 11 is 0. The third-order valence-electron chi connectivity index (χ3n) is 3.44. The Kier molecular flexibility index (Phi) is 5.38. The molecule has 0 aromatic rings. The van der Waals surface area contributed by atoms with Crippen LogP contribution in [-0.4, -0.2) is 35.4 Å². The van der Waals surface area contributed by atoms with Gasteiger partial charge < -0.3 is 14.6 Å². The van der Waals surface area contributed by atoms with Crippen molar-refractivity contribution >= 4 is 17.5 Å². The number of hydrogen-bond acceptors (Lipinski definition) is 5. The molecule has 114 valence electrons. The minimum atomic E-state index is -1.37. The molecule has 0 aromatic heterocycles. The zero-order chi connectivity index (χ0) is 16.2. The van der Waals surface area contributed by atoms with Crippen LogP contribution in [0.2, 0.25) is 0 Å². The Morgan fingerprint density at radius 1 is 1.52 bits per heavy atom. The normalized spacial score (nSPS) is 24.2. The lowest BCUT2D eigenvalue weighted by molar-refractivity contribution is -0.136. The maximum atomic E-state index is 11.8. The summed E-state index contributed by atoms with van der Waals surface area (Å²) < 4.78 is 4.63. The highest BCUT2D eigenvalue weighted by Gasteiger charge is 2.34. The summed E-state index contributed by atoms with van der Waals surface area (Å²) in [5.74, 6) is -1.48. The maximum Gasteiger partial charge on any atom is 0.333 e. The first-order chi connectivity index (χ1) is 9.69. The van der Waals surface area contributed by atoms with Crippen molar-refractivity contribution < 1.29 is 24.2 Å². The van der Waals surface area contributed by atoms with Gasteiger partial charge in [-0.25, -0.2) is 4.79 Å². The smallest absolute Gasteiger partial charge is 0.333 e. The van der Waals surface area contributed by atoms with Crippen LogP contribution in [0.3, 0.4) is 0 Å². The lowest BCUT2D eigenvalue weighted by atomic mass is 9.88. The van der Waals surface area contributed by atoms with Gasteiger partial charge in [-0.05, 0) is 32.4 Å². The Balaban J connectivity index is 3.07. The largest absolute Gasteiger partial charge is 0.466 e. The fraction of sp³-hybridized carbons (Fsp3) is 0.438. The van der Waals surface area contributed by atoms with E-state index in [0.29, 0.717) is 6.42 Å². The van der Waals surface area contributed by atoms with Crippen LogP contribution in [0.5, 0.6) is 0 Å². The summed E-state index contributed by atoms with van der Waals surface area (Å²) in [6.45, 7) is 6.61. The molecule has 1 aliphatic rings. The van der Waals surface area contributed by atoms with Gasteiger partial charge in [-0.15, -0.1) is 0 Å². The van der Waals surface area contributed by atoms with Crippen LogP contribution in [0, 0.1) is 5.92 Å². The Bertz CT molecular complexity index is 537. The summed E-state index contributed by atoms with van der Waals surface area (Å²) in [4.78, 5) is 34.6. The monoisotopic (exact) mass is 292 g/mol. The van der Waals surface area contributed by atoms with Gasteiger partial charge in [-0.1, -0.05) is 12.7 Å². The molecule has 5 heteroatoms. The Hall–Kier alpha value is -2.01. The number of methoxy groups -OCH3 is 1. The summed E-state index contributed by atoms with van der Waals surface area (Å²) in [7, 11) is 1.24. The highest BCUT2D eigenvalue weighted by Crippen LogP contribution is 2.30. The van der Waals surface area contributed by atoms with E-state index >= 15 is 0 Å². The molecular formula is C16H20O5. The second kappa shape index (κ2) is 6.63. The van der Waals surface area contributed by atoms with Crippen molar-refractivity contribution in [2.75, 3.05) is 7.11 Å². The van der Waals surface area contributed by atoms with E-state index in [1.54, 1.807) is 0 Å². The highest BCUT2D eigenvalue weighted by molar-refractivity contribution is 6.09. The van der Waals surface area contributed by atoms with Crippen molar-refractivity contribution in [1.82, 2.24) is 0 Å². The second-order valence-corrected chi connectivity index (χ2v) is 5.29. The summed E-state index contributed by atoms with van der Waals surface area (Å²) in [6, 6.07) is 0. The number of esters is 1. The molecule has 0 spiro atoms. The Labute approximate surface area is 124 Å². The number of rotatable bonds is 6. The first kappa shape index (κ1) is 17.0. The Morgan fingerprint density at radius 2 is 2.14 bits per heavy atom. The summed E-state index contributed by atoms with van der Waals surface area (Å²) in [6.07, 6.45) is 4.76. The number of hydrogen-bond donors (Lipinski definition) is 1. The van der Waals surface area contributed by atoms with Crippen molar-refractivity contribution in [3.63, 3.8) is 0 Å². The molecule has 2 atom stereocenters. The van der Waals surface area contributed by atoms with Crippen molar-refractivity contribution in [2.45, 2.75) is 32.3 Å². The van der Waals surface area contributed by atoms with Crippen molar-refractivity contribution in [1.29, 1.82) is 0 Å². The van der Waals surface area contributed by atoms with Gasteiger partial charge in [0.05, 0.1) is 7.11 Å². The third kappa shape index (κ3) is 4.23. The van der Waals surface area contributed by atoms with E-state index in [4.69, 9.17) is 0 Å². The summed E-state index contributed by atoms with van der Waals surface area (Å²) in [5, 5.41) is 10.1. The molecule has 1 unspecified atom stereocenters. The molecule has 0 aromatic carbocycles. The SMILES string of the molecule is C=C(C(=O)OC)C(/C=C1\C(=O)C=C[C@]1(C)O)CCC(C)=O. The lowest BCUT2D eigenvalue weighted by Gasteiger charge is -2.20. The number of ether oxygens (including phenoxy) is 1. The minimum absolute atomic E-state index is 0.0290. The van der Waals surface area contributed by atoms with Gasteiger partial charge in [0.2, 0.25) is 0 Å². The number of carbonyl (C=O) groups excluding carboxylic acids is 3. The van der Waals surface area contributed by atoms with E-state index in [0.717, 1.165) is 0 Å². The molecule has 1 aliphatic carbocycles. The third-order valence-corrected chi connectivity index (χ3v) is 3.44. The van der Waals surface area contributed by atoms with Gasteiger partial charge >= 0.3 is 5.97 Å². The Morgan fingerprint density at radius 3 is 2.57 bits per heavy atom. The molecular weight excluding hydrogens is 272 g/mol. The number of aliphatic hydroxyl groups is 1. The van der Waals surface area contributed by atoms with Crippen LogP contribution in [0.4, 0.5) is 0 Å². The fourth-order valence-electron chi connectivity index (χ4n) is 2.12. The zero-order valence-corrected chi connectivity index (χ0v) is 12.5. The van der Waals surface area contributed by atoms with E-state index < -0.39 is 17.5 Å². The lowest BCUT2D eigenvalue weighted by Crippen LogP contribution is -2.25. The first-order valence-corrected chi connectivity index (χ1v) is 6.64.